The summed E-state index contributed by atoms with van der Waals surface area (Å²) in [6.45, 7) is 1.97. The Bertz CT molecular complexity index is 1040. The lowest BCUT2D eigenvalue weighted by atomic mass is 9.99. The number of carbonyl (C=O) groups is 1. The van der Waals surface area contributed by atoms with Gasteiger partial charge in [-0.3, -0.25) is 4.68 Å². The van der Waals surface area contributed by atoms with Gasteiger partial charge in [-0.2, -0.15) is 0 Å². The summed E-state index contributed by atoms with van der Waals surface area (Å²) in [7, 11) is 1.71. The fourth-order valence-corrected chi connectivity index (χ4v) is 3.13. The third-order valence-corrected chi connectivity index (χ3v) is 4.55. The van der Waals surface area contributed by atoms with Gasteiger partial charge in [0, 0.05) is 42.9 Å². The van der Waals surface area contributed by atoms with Crippen LogP contribution < -0.4 is 5.32 Å². The van der Waals surface area contributed by atoms with Gasteiger partial charge >= 0.3 is 6.03 Å². The summed E-state index contributed by atoms with van der Waals surface area (Å²) in [4.78, 5) is 14.1. The molecule has 0 saturated carbocycles. The van der Waals surface area contributed by atoms with Crippen molar-refractivity contribution in [3.05, 3.63) is 47.0 Å². The van der Waals surface area contributed by atoms with Gasteiger partial charge in [-0.15, -0.1) is 5.10 Å². The maximum atomic E-state index is 13.4. The zero-order valence-electron chi connectivity index (χ0n) is 14.9. The number of rotatable bonds is 2. The van der Waals surface area contributed by atoms with Crippen LogP contribution in [0.1, 0.15) is 18.2 Å². The number of fused-ring (bicyclic) bond motifs is 1. The molecule has 3 aromatic rings. The molecule has 0 aliphatic carbocycles. The van der Waals surface area contributed by atoms with Crippen molar-refractivity contribution < 1.29 is 22.5 Å². The molecular weight excluding hydrogens is 377 g/mol. The number of amides is 2. The molecule has 28 heavy (non-hydrogen) atoms. The molecule has 2 amide bonds. The highest BCUT2D eigenvalue weighted by Gasteiger charge is 2.33. The first-order valence-electron chi connectivity index (χ1n) is 8.39. The van der Waals surface area contributed by atoms with Gasteiger partial charge in [-0.05, 0) is 6.92 Å². The van der Waals surface area contributed by atoms with Crippen LogP contribution in [0, 0.1) is 17.5 Å². The summed E-state index contributed by atoms with van der Waals surface area (Å²) in [6, 6.07) is 0.610. The summed E-state index contributed by atoms with van der Waals surface area (Å²) in [5, 5.41) is 14.3. The second-order valence-corrected chi connectivity index (χ2v) is 6.58. The maximum Gasteiger partial charge on any atom is 0.322 e. The summed E-state index contributed by atoms with van der Waals surface area (Å²) in [6.07, 6.45) is 2.09. The number of nitrogens with one attached hydrogen (secondary N) is 1. The van der Waals surface area contributed by atoms with Crippen molar-refractivity contribution in [3.8, 4) is 11.5 Å². The van der Waals surface area contributed by atoms with E-state index in [2.05, 4.69) is 20.8 Å². The maximum absolute atomic E-state index is 13.4. The number of nitrogens with zero attached hydrogens (tertiary/aromatic N) is 5. The van der Waals surface area contributed by atoms with E-state index in [9.17, 15) is 18.0 Å². The SMILES string of the molecule is CC1Cc2noc(-c3cn(C)nn3)c2CN1C(=O)Nc1cc(F)c(F)c(F)c1. The van der Waals surface area contributed by atoms with Gasteiger partial charge in [-0.1, -0.05) is 10.4 Å². The first-order chi connectivity index (χ1) is 13.3. The van der Waals surface area contributed by atoms with E-state index in [1.165, 1.54) is 9.58 Å². The Morgan fingerprint density at radius 3 is 2.64 bits per heavy atom. The molecular formula is C17H15F3N6O2. The summed E-state index contributed by atoms with van der Waals surface area (Å²) in [5.41, 5.74) is 1.69. The van der Waals surface area contributed by atoms with Gasteiger partial charge in [0.2, 0.25) is 0 Å². The Kier molecular flexibility index (Phi) is 4.28. The molecule has 0 bridgehead atoms. The first-order valence-corrected chi connectivity index (χ1v) is 8.39. The highest BCUT2D eigenvalue weighted by Crippen LogP contribution is 2.31. The fraction of sp³-hybridized carbons (Fsp3) is 0.294. The molecule has 0 spiro atoms. The molecule has 8 nitrogen and oxygen atoms in total. The minimum absolute atomic E-state index is 0.157. The largest absolute Gasteiger partial charge is 0.354 e. The second kappa shape index (κ2) is 6.66. The molecule has 4 rings (SSSR count). The minimum atomic E-state index is -1.59. The smallest absolute Gasteiger partial charge is 0.322 e. The van der Waals surface area contributed by atoms with Crippen molar-refractivity contribution in [3.63, 3.8) is 0 Å². The van der Waals surface area contributed by atoms with Crippen molar-refractivity contribution in [2.24, 2.45) is 7.05 Å². The molecule has 0 radical (unpaired) electrons. The Hall–Kier alpha value is -3.37. The monoisotopic (exact) mass is 392 g/mol. The van der Waals surface area contributed by atoms with Crippen molar-refractivity contribution in [1.29, 1.82) is 0 Å². The van der Waals surface area contributed by atoms with Gasteiger partial charge in [0.25, 0.3) is 0 Å². The van der Waals surface area contributed by atoms with Crippen LogP contribution >= 0.6 is 0 Å². The van der Waals surface area contributed by atoms with E-state index in [0.717, 1.165) is 12.1 Å². The quantitative estimate of drug-likeness (QED) is 0.678. The average molecular weight is 392 g/mol. The molecule has 1 unspecified atom stereocenters. The third-order valence-electron chi connectivity index (χ3n) is 4.55. The lowest BCUT2D eigenvalue weighted by molar-refractivity contribution is 0.182. The standard InChI is InChI=1S/C17H15F3N6O2/c1-8-3-13-10(16(28-23-13)14-7-25(2)24-22-14)6-26(8)17(27)21-9-4-11(18)15(20)12(19)5-9/h4-5,7-8H,3,6H2,1-2H3,(H,21,27). The minimum Gasteiger partial charge on any atom is -0.354 e. The van der Waals surface area contributed by atoms with E-state index in [-0.39, 0.29) is 18.3 Å². The molecule has 1 N–H and O–H groups in total. The number of aryl methyl sites for hydroxylation is 1. The van der Waals surface area contributed by atoms with Gasteiger partial charge in [-0.25, -0.2) is 18.0 Å². The van der Waals surface area contributed by atoms with E-state index in [1.54, 1.807) is 13.2 Å². The first kappa shape index (κ1) is 18.0. The summed E-state index contributed by atoms with van der Waals surface area (Å²) in [5.74, 6) is -3.94. The van der Waals surface area contributed by atoms with Crippen LogP contribution in [0.5, 0.6) is 0 Å². The Balaban J connectivity index is 1.58. The summed E-state index contributed by atoms with van der Waals surface area (Å²) < 4.78 is 46.8. The number of benzene rings is 1. The molecule has 0 fully saturated rings. The van der Waals surface area contributed by atoms with Crippen LogP contribution in [0.2, 0.25) is 0 Å². The third kappa shape index (κ3) is 3.08. The van der Waals surface area contributed by atoms with Gasteiger partial charge in [0.05, 0.1) is 18.4 Å². The molecule has 1 aliphatic heterocycles. The molecule has 1 aromatic carbocycles. The van der Waals surface area contributed by atoms with Crippen LogP contribution in [-0.4, -0.2) is 37.1 Å². The van der Waals surface area contributed by atoms with E-state index >= 15 is 0 Å². The Morgan fingerprint density at radius 1 is 1.29 bits per heavy atom. The fourth-order valence-electron chi connectivity index (χ4n) is 3.13. The van der Waals surface area contributed by atoms with Crippen molar-refractivity contribution in [2.45, 2.75) is 25.9 Å². The molecule has 146 valence electrons. The molecule has 2 aromatic heterocycles. The number of urea groups is 1. The Morgan fingerprint density at radius 2 is 2.00 bits per heavy atom. The molecule has 0 saturated heterocycles. The molecule has 11 heteroatoms. The number of hydrogen-bond donors (Lipinski definition) is 1. The highest BCUT2D eigenvalue weighted by atomic mass is 19.2. The number of aromatic nitrogens is 4. The van der Waals surface area contributed by atoms with Crippen molar-refractivity contribution in [2.75, 3.05) is 5.32 Å². The van der Waals surface area contributed by atoms with Gasteiger partial charge < -0.3 is 14.7 Å². The molecule has 3 heterocycles. The van der Waals surface area contributed by atoms with Gasteiger partial charge in [0.15, 0.2) is 28.9 Å². The van der Waals surface area contributed by atoms with E-state index in [0.29, 0.717) is 29.1 Å². The number of halogens is 3. The van der Waals surface area contributed by atoms with Crippen LogP contribution in [0.4, 0.5) is 23.7 Å². The van der Waals surface area contributed by atoms with E-state index in [1.807, 2.05) is 6.92 Å². The molecule has 1 atom stereocenters. The van der Waals surface area contributed by atoms with Crippen LogP contribution in [0.15, 0.2) is 22.9 Å². The van der Waals surface area contributed by atoms with E-state index in [4.69, 9.17) is 4.52 Å². The Labute approximate surface area is 156 Å². The highest BCUT2D eigenvalue weighted by molar-refractivity contribution is 5.89. The normalized spacial score (nSPS) is 16.2. The lowest BCUT2D eigenvalue weighted by Crippen LogP contribution is -2.44. The zero-order chi connectivity index (χ0) is 20.0. The lowest BCUT2D eigenvalue weighted by Gasteiger charge is -2.32. The number of carbonyl (C=O) groups excluding carboxylic acids is 1. The number of hydrogen-bond acceptors (Lipinski definition) is 5. The predicted molar refractivity (Wildman–Crippen MR) is 90.5 cm³/mol. The van der Waals surface area contributed by atoms with Crippen molar-refractivity contribution >= 4 is 11.7 Å². The second-order valence-electron chi connectivity index (χ2n) is 6.58. The number of anilines is 1. The van der Waals surface area contributed by atoms with Crippen LogP contribution in [-0.2, 0) is 20.0 Å². The van der Waals surface area contributed by atoms with E-state index < -0.39 is 23.5 Å². The van der Waals surface area contributed by atoms with Crippen LogP contribution in [0.3, 0.4) is 0 Å². The molecule has 1 aliphatic rings. The van der Waals surface area contributed by atoms with Crippen LogP contribution in [0.25, 0.3) is 11.5 Å². The zero-order valence-corrected chi connectivity index (χ0v) is 14.9. The topological polar surface area (TPSA) is 89.1 Å². The average Bonchev–Trinajstić information content (AvgIpc) is 3.24. The summed E-state index contributed by atoms with van der Waals surface area (Å²) >= 11 is 0. The van der Waals surface area contributed by atoms with Crippen molar-refractivity contribution in [1.82, 2.24) is 25.1 Å². The van der Waals surface area contributed by atoms with Gasteiger partial charge in [0.1, 0.15) is 0 Å². The predicted octanol–water partition coefficient (Wildman–Crippen LogP) is 2.87.